The van der Waals surface area contributed by atoms with Crippen molar-refractivity contribution in [3.8, 4) is 0 Å². The second-order valence-electron chi connectivity index (χ2n) is 8.43. The summed E-state index contributed by atoms with van der Waals surface area (Å²) in [4.78, 5) is 17.5. The Morgan fingerprint density at radius 1 is 1.00 bits per heavy atom. The van der Waals surface area contributed by atoms with Gasteiger partial charge in [0, 0.05) is 56.5 Å². The van der Waals surface area contributed by atoms with E-state index in [1.54, 1.807) is 12.1 Å². The van der Waals surface area contributed by atoms with Gasteiger partial charge in [-0.3, -0.25) is 4.79 Å². The summed E-state index contributed by atoms with van der Waals surface area (Å²) >= 11 is 5.89. The molecular formula is C23H30Cl2N4O3S. The minimum atomic E-state index is -3.67. The Morgan fingerprint density at radius 3 is 2.33 bits per heavy atom. The molecule has 2 aromatic rings. The highest BCUT2D eigenvalue weighted by Gasteiger charge is 2.35. The van der Waals surface area contributed by atoms with E-state index in [1.807, 2.05) is 4.90 Å². The average molecular weight is 513 g/mol. The maximum absolute atomic E-state index is 13.2. The largest absolute Gasteiger partial charge is 0.368 e. The van der Waals surface area contributed by atoms with Crippen LogP contribution in [-0.4, -0.2) is 75.4 Å². The highest BCUT2D eigenvalue weighted by atomic mass is 35.5. The zero-order valence-electron chi connectivity index (χ0n) is 18.8. The Hall–Kier alpha value is -1.84. The predicted molar refractivity (Wildman–Crippen MR) is 134 cm³/mol. The molecule has 2 aromatic carbocycles. The van der Waals surface area contributed by atoms with Gasteiger partial charge in [0.25, 0.3) is 0 Å². The highest BCUT2D eigenvalue weighted by molar-refractivity contribution is 7.89. The second-order valence-corrected chi connectivity index (χ2v) is 10.8. The third-order valence-corrected chi connectivity index (χ3v) is 8.32. The lowest BCUT2D eigenvalue weighted by Gasteiger charge is -2.40. The van der Waals surface area contributed by atoms with Crippen LogP contribution in [0, 0.1) is 13.8 Å². The number of carbonyl (C=O) groups excluding carboxylic acids is 1. The predicted octanol–water partition coefficient (Wildman–Crippen LogP) is 2.69. The van der Waals surface area contributed by atoms with Gasteiger partial charge < -0.3 is 15.1 Å². The molecule has 0 bridgehead atoms. The first-order valence-electron chi connectivity index (χ1n) is 10.9. The van der Waals surface area contributed by atoms with Crippen LogP contribution >= 0.6 is 24.0 Å². The quantitative estimate of drug-likeness (QED) is 0.681. The lowest BCUT2D eigenvalue weighted by Crippen LogP contribution is -2.61. The molecule has 33 heavy (non-hydrogen) atoms. The maximum atomic E-state index is 13.2. The molecule has 2 aliphatic heterocycles. The van der Waals surface area contributed by atoms with Gasteiger partial charge >= 0.3 is 0 Å². The van der Waals surface area contributed by atoms with Gasteiger partial charge in [0.1, 0.15) is 6.04 Å². The van der Waals surface area contributed by atoms with Gasteiger partial charge in [-0.1, -0.05) is 23.7 Å². The minimum absolute atomic E-state index is 0. The van der Waals surface area contributed by atoms with Crippen molar-refractivity contribution in [3.63, 3.8) is 0 Å². The van der Waals surface area contributed by atoms with Crippen LogP contribution in [0.5, 0.6) is 0 Å². The van der Waals surface area contributed by atoms with Crippen molar-refractivity contribution < 1.29 is 13.2 Å². The number of carbonyl (C=O) groups is 1. The fraction of sp³-hybridized carbons (Fsp3) is 0.435. The molecule has 1 atom stereocenters. The summed E-state index contributed by atoms with van der Waals surface area (Å²) in [5, 5.41) is 3.69. The van der Waals surface area contributed by atoms with E-state index >= 15 is 0 Å². The van der Waals surface area contributed by atoms with Crippen LogP contribution in [0.4, 0.5) is 5.69 Å². The van der Waals surface area contributed by atoms with Crippen molar-refractivity contribution in [2.75, 3.05) is 50.7 Å². The van der Waals surface area contributed by atoms with Crippen LogP contribution < -0.4 is 10.2 Å². The number of nitrogens with one attached hydrogen (secondary N) is 1. The first kappa shape index (κ1) is 25.8. The molecule has 2 aliphatic rings. The number of aryl methyl sites for hydroxylation is 2. The number of nitrogens with zero attached hydrogens (tertiary/aromatic N) is 3. The van der Waals surface area contributed by atoms with Gasteiger partial charge in [0.05, 0.1) is 4.90 Å². The molecule has 1 amide bonds. The molecule has 180 valence electrons. The summed E-state index contributed by atoms with van der Waals surface area (Å²) < 4.78 is 27.4. The number of benzene rings is 2. The molecule has 1 N–H and O–H groups in total. The first-order valence-corrected chi connectivity index (χ1v) is 12.7. The van der Waals surface area contributed by atoms with E-state index < -0.39 is 16.1 Å². The molecule has 0 aromatic heterocycles. The number of hydrogen-bond acceptors (Lipinski definition) is 5. The van der Waals surface area contributed by atoms with Crippen molar-refractivity contribution >= 4 is 45.6 Å². The molecule has 0 radical (unpaired) electrons. The van der Waals surface area contributed by atoms with Gasteiger partial charge in [0.15, 0.2) is 0 Å². The van der Waals surface area contributed by atoms with Crippen LogP contribution in [0.1, 0.15) is 11.1 Å². The minimum Gasteiger partial charge on any atom is -0.368 e. The number of anilines is 1. The third-order valence-electron chi connectivity index (χ3n) is 6.18. The Bertz CT molecular complexity index is 1090. The number of piperazine rings is 2. The van der Waals surface area contributed by atoms with E-state index in [9.17, 15) is 13.2 Å². The average Bonchev–Trinajstić information content (AvgIpc) is 2.81. The van der Waals surface area contributed by atoms with Crippen LogP contribution in [0.15, 0.2) is 47.4 Å². The molecule has 1 unspecified atom stereocenters. The van der Waals surface area contributed by atoms with E-state index in [-0.39, 0.29) is 29.8 Å². The molecule has 2 saturated heterocycles. The fourth-order valence-corrected chi connectivity index (χ4v) is 5.89. The number of rotatable bonds is 4. The van der Waals surface area contributed by atoms with Gasteiger partial charge in [0.2, 0.25) is 15.9 Å². The number of amides is 1. The van der Waals surface area contributed by atoms with Crippen molar-refractivity contribution in [1.29, 1.82) is 0 Å². The third kappa shape index (κ3) is 5.63. The molecule has 0 aliphatic carbocycles. The molecule has 10 heteroatoms. The molecule has 0 spiro atoms. The van der Waals surface area contributed by atoms with E-state index in [0.29, 0.717) is 31.2 Å². The van der Waals surface area contributed by atoms with Crippen LogP contribution in [-0.2, 0) is 14.8 Å². The van der Waals surface area contributed by atoms with Gasteiger partial charge in [-0.2, -0.15) is 4.31 Å². The van der Waals surface area contributed by atoms with Gasteiger partial charge in [-0.15, -0.1) is 12.4 Å². The molecule has 2 heterocycles. The topological polar surface area (TPSA) is 73.0 Å². The summed E-state index contributed by atoms with van der Waals surface area (Å²) in [5.41, 5.74) is 3.66. The Kier molecular flexibility index (Phi) is 8.29. The van der Waals surface area contributed by atoms with Crippen LogP contribution in [0.25, 0.3) is 0 Å². The Morgan fingerprint density at radius 2 is 1.67 bits per heavy atom. The van der Waals surface area contributed by atoms with E-state index in [2.05, 4.69) is 42.3 Å². The Labute approximate surface area is 207 Å². The van der Waals surface area contributed by atoms with Crippen molar-refractivity contribution in [1.82, 2.24) is 14.5 Å². The zero-order chi connectivity index (χ0) is 22.9. The molecule has 4 rings (SSSR count). The van der Waals surface area contributed by atoms with Crippen molar-refractivity contribution in [2.45, 2.75) is 24.8 Å². The Balaban J connectivity index is 0.00000306. The van der Waals surface area contributed by atoms with Gasteiger partial charge in [-0.05, 0) is 55.3 Å². The molecular weight excluding hydrogens is 483 g/mol. The van der Waals surface area contributed by atoms with E-state index in [0.717, 1.165) is 13.1 Å². The normalized spacial score (nSPS) is 19.8. The smallest absolute Gasteiger partial charge is 0.243 e. The standard InChI is InChI=1S/C23H29ClN4O3S.ClH/c1-17-3-4-18(2)22(15-17)26-11-13-27(14-12-26)23(29)21-16-28(10-9-25-21)32(30,31)20-7-5-19(24)6-8-20;/h3-8,15,21,25H,9-14,16H2,1-2H3;1H. The fourth-order valence-electron chi connectivity index (χ4n) is 4.31. The lowest BCUT2D eigenvalue weighted by molar-refractivity contribution is -0.134. The maximum Gasteiger partial charge on any atom is 0.243 e. The van der Waals surface area contributed by atoms with Crippen molar-refractivity contribution in [2.24, 2.45) is 0 Å². The number of sulfonamides is 1. The zero-order valence-corrected chi connectivity index (χ0v) is 21.2. The highest BCUT2D eigenvalue weighted by Crippen LogP contribution is 2.24. The lowest BCUT2D eigenvalue weighted by atomic mass is 10.1. The van der Waals surface area contributed by atoms with Crippen LogP contribution in [0.2, 0.25) is 5.02 Å². The van der Waals surface area contributed by atoms with Crippen molar-refractivity contribution in [3.05, 3.63) is 58.6 Å². The summed E-state index contributed by atoms with van der Waals surface area (Å²) in [5.74, 6) is -0.0402. The SMILES string of the molecule is Cc1ccc(C)c(N2CCN(C(=O)C3CN(S(=O)(=O)c4ccc(Cl)cc4)CCN3)CC2)c1.Cl. The number of hydrogen-bond donors (Lipinski definition) is 1. The monoisotopic (exact) mass is 512 g/mol. The summed E-state index contributed by atoms with van der Waals surface area (Å²) in [6.45, 7) is 7.84. The summed E-state index contributed by atoms with van der Waals surface area (Å²) in [6.07, 6.45) is 0. The van der Waals surface area contributed by atoms with E-state index in [1.165, 1.54) is 33.3 Å². The van der Waals surface area contributed by atoms with Gasteiger partial charge in [-0.25, -0.2) is 8.42 Å². The van der Waals surface area contributed by atoms with Crippen LogP contribution in [0.3, 0.4) is 0 Å². The van der Waals surface area contributed by atoms with E-state index in [4.69, 9.17) is 11.6 Å². The summed E-state index contributed by atoms with van der Waals surface area (Å²) in [7, 11) is -3.67. The first-order chi connectivity index (χ1) is 15.3. The molecule has 0 saturated carbocycles. The molecule has 7 nitrogen and oxygen atoms in total. The number of halogens is 2. The summed E-state index contributed by atoms with van der Waals surface area (Å²) in [6, 6.07) is 12.0. The molecule has 2 fully saturated rings. The second kappa shape index (κ2) is 10.6.